The number of carbonyl (C=O) groups excluding carboxylic acids is 2. The topological polar surface area (TPSA) is 108 Å². The predicted octanol–water partition coefficient (Wildman–Crippen LogP) is 16.0. The van der Waals surface area contributed by atoms with Crippen LogP contribution in [-0.4, -0.2) is 43.3 Å². The Labute approximate surface area is 364 Å². The number of rotatable bonds is 46. The number of hydrogen-bond donors (Lipinski definition) is 1. The maximum Gasteiger partial charge on any atom is 0.472 e. The Morgan fingerprint density at radius 1 is 0.475 bits per heavy atom. The summed E-state index contributed by atoms with van der Waals surface area (Å²) < 4.78 is 32.1. The number of unbranched alkanes of at least 4 members (excludes halogenated alkanes) is 29. The van der Waals surface area contributed by atoms with Crippen LogP contribution in [0.15, 0.2) is 36.5 Å². The third-order valence-electron chi connectivity index (χ3n) is 10.9. The lowest BCUT2D eigenvalue weighted by molar-refractivity contribution is -0.161. The summed E-state index contributed by atoms with van der Waals surface area (Å²) in [5.74, 6) is -0.803. The zero-order valence-electron chi connectivity index (χ0n) is 38.7. The van der Waals surface area contributed by atoms with Crippen LogP contribution < -0.4 is 0 Å². The average molecular weight is 853 g/mol. The van der Waals surface area contributed by atoms with Gasteiger partial charge in [-0.15, -0.1) is 0 Å². The molecule has 0 bridgehead atoms. The highest BCUT2D eigenvalue weighted by atomic mass is 31.2. The van der Waals surface area contributed by atoms with Crippen molar-refractivity contribution in [3.8, 4) is 0 Å². The normalized spacial score (nSPS) is 13.5. The molecular weight excluding hydrogens is 760 g/mol. The van der Waals surface area contributed by atoms with E-state index in [9.17, 15) is 19.0 Å². The van der Waals surface area contributed by atoms with E-state index in [1.54, 1.807) is 0 Å². The number of allylic oxidation sites excluding steroid dienone is 6. The van der Waals surface area contributed by atoms with Crippen molar-refractivity contribution in [1.82, 2.24) is 0 Å². The van der Waals surface area contributed by atoms with Gasteiger partial charge in [0.2, 0.25) is 0 Å². The minimum atomic E-state index is -4.27. The Hall–Kier alpha value is -1.73. The highest BCUT2D eigenvalue weighted by molar-refractivity contribution is 7.47. The monoisotopic (exact) mass is 853 g/mol. The second-order valence-electron chi connectivity index (χ2n) is 16.6. The number of hydrogen-bond acceptors (Lipinski definition) is 7. The lowest BCUT2D eigenvalue weighted by atomic mass is 10.1. The molecule has 0 radical (unpaired) electrons. The molecule has 0 saturated heterocycles. The standard InChI is InChI=1S/C50H93O8P/c1-4-6-8-10-12-14-16-18-20-22-24-25-27-28-30-32-34-36-38-40-42-44-49(51)56-46-48(47-57-59(53,54)55-3)58-50(52)45-43-41-39-37-35-33-31-29-26-23-21-19-17-15-13-11-9-7-5-2/h13,15,19,21-22,24,48H,4-12,14,16-18,20,23,25-47H2,1-3H3,(H,53,54)/b15-13-,21-19-,24-22-. The Kier molecular flexibility index (Phi) is 44.4. The zero-order valence-corrected chi connectivity index (χ0v) is 39.6. The Balaban J connectivity index is 3.91. The molecule has 8 nitrogen and oxygen atoms in total. The molecule has 0 amide bonds. The van der Waals surface area contributed by atoms with E-state index < -0.39 is 26.5 Å². The van der Waals surface area contributed by atoms with Gasteiger partial charge in [0.25, 0.3) is 0 Å². The molecule has 0 rings (SSSR count). The van der Waals surface area contributed by atoms with Gasteiger partial charge in [0.1, 0.15) is 6.61 Å². The van der Waals surface area contributed by atoms with Crippen molar-refractivity contribution >= 4 is 19.8 Å². The van der Waals surface area contributed by atoms with Crippen molar-refractivity contribution in [2.75, 3.05) is 20.3 Å². The summed E-state index contributed by atoms with van der Waals surface area (Å²) in [5, 5.41) is 0. The average Bonchev–Trinajstić information content (AvgIpc) is 3.23. The molecule has 0 aromatic rings. The zero-order chi connectivity index (χ0) is 43.2. The molecular formula is C50H93O8P. The van der Waals surface area contributed by atoms with Gasteiger partial charge in [0.15, 0.2) is 6.10 Å². The van der Waals surface area contributed by atoms with E-state index in [-0.39, 0.29) is 19.0 Å². The molecule has 0 fully saturated rings. The molecule has 0 aliphatic carbocycles. The lowest BCUT2D eigenvalue weighted by Gasteiger charge is -2.19. The van der Waals surface area contributed by atoms with Crippen molar-refractivity contribution in [3.05, 3.63) is 36.5 Å². The van der Waals surface area contributed by atoms with Crippen molar-refractivity contribution in [2.24, 2.45) is 0 Å². The fourth-order valence-electron chi connectivity index (χ4n) is 7.04. The van der Waals surface area contributed by atoms with Gasteiger partial charge >= 0.3 is 19.8 Å². The molecule has 0 spiro atoms. The first-order chi connectivity index (χ1) is 28.8. The van der Waals surface area contributed by atoms with Crippen LogP contribution in [0.1, 0.15) is 245 Å². The fourth-order valence-corrected chi connectivity index (χ4v) is 7.50. The molecule has 2 unspecified atom stereocenters. The quantitative estimate of drug-likeness (QED) is 0.0279. The van der Waals surface area contributed by atoms with E-state index >= 15 is 0 Å². The molecule has 2 atom stereocenters. The lowest BCUT2D eigenvalue weighted by Crippen LogP contribution is -2.29. The minimum Gasteiger partial charge on any atom is -0.462 e. The van der Waals surface area contributed by atoms with Crippen LogP contribution in [0.25, 0.3) is 0 Å². The summed E-state index contributed by atoms with van der Waals surface area (Å²) in [7, 11) is -3.20. The van der Waals surface area contributed by atoms with E-state index in [2.05, 4.69) is 54.8 Å². The molecule has 0 saturated carbocycles. The molecule has 1 N–H and O–H groups in total. The summed E-state index contributed by atoms with van der Waals surface area (Å²) in [6, 6.07) is 0. The number of phosphoric ester groups is 1. The van der Waals surface area contributed by atoms with Crippen LogP contribution in [0.4, 0.5) is 0 Å². The maximum atomic E-state index is 12.6. The predicted molar refractivity (Wildman–Crippen MR) is 249 cm³/mol. The summed E-state index contributed by atoms with van der Waals surface area (Å²) >= 11 is 0. The highest BCUT2D eigenvalue weighted by Crippen LogP contribution is 2.42. The van der Waals surface area contributed by atoms with Crippen LogP contribution in [-0.2, 0) is 32.7 Å². The van der Waals surface area contributed by atoms with Gasteiger partial charge in [0.05, 0.1) is 6.61 Å². The summed E-state index contributed by atoms with van der Waals surface area (Å²) in [6.45, 7) is 3.89. The maximum absolute atomic E-state index is 12.6. The van der Waals surface area contributed by atoms with E-state index in [1.165, 1.54) is 167 Å². The van der Waals surface area contributed by atoms with Crippen LogP contribution in [0.2, 0.25) is 0 Å². The molecule has 0 heterocycles. The molecule has 0 aliphatic heterocycles. The van der Waals surface area contributed by atoms with Gasteiger partial charge in [-0.1, -0.05) is 198 Å². The molecule has 346 valence electrons. The van der Waals surface area contributed by atoms with Crippen molar-refractivity contribution in [3.63, 3.8) is 0 Å². The number of esters is 2. The van der Waals surface area contributed by atoms with Crippen molar-refractivity contribution < 1.29 is 37.6 Å². The second kappa shape index (κ2) is 45.8. The Morgan fingerprint density at radius 3 is 1.24 bits per heavy atom. The minimum absolute atomic E-state index is 0.226. The van der Waals surface area contributed by atoms with Crippen LogP contribution in [0, 0.1) is 0 Å². The first-order valence-electron chi connectivity index (χ1n) is 24.7. The number of carbonyl (C=O) groups is 2. The van der Waals surface area contributed by atoms with Gasteiger partial charge in [-0.2, -0.15) is 0 Å². The highest BCUT2D eigenvalue weighted by Gasteiger charge is 2.24. The van der Waals surface area contributed by atoms with Gasteiger partial charge < -0.3 is 14.4 Å². The number of phosphoric acid groups is 1. The fraction of sp³-hybridized carbons (Fsp3) is 0.840. The van der Waals surface area contributed by atoms with Crippen molar-refractivity contribution in [2.45, 2.75) is 251 Å². The van der Waals surface area contributed by atoms with E-state index in [0.717, 1.165) is 52.1 Å². The van der Waals surface area contributed by atoms with E-state index in [1.807, 2.05) is 0 Å². The second-order valence-corrected chi connectivity index (χ2v) is 18.2. The summed E-state index contributed by atoms with van der Waals surface area (Å²) in [6.07, 6.45) is 54.9. The Bertz CT molecular complexity index is 1060. The summed E-state index contributed by atoms with van der Waals surface area (Å²) in [5.41, 5.74) is 0. The SMILES string of the molecule is CCCCC/C=C\C/C=C\CCCCCCCCCCCC(=O)OC(COC(=O)CCCCCCCCCCC/C=C\CCCCCCCCCC)COP(=O)(O)OC. The van der Waals surface area contributed by atoms with E-state index in [4.69, 9.17) is 14.0 Å². The van der Waals surface area contributed by atoms with E-state index in [0.29, 0.717) is 12.8 Å². The molecule has 0 aliphatic rings. The molecule has 0 aromatic heterocycles. The van der Waals surface area contributed by atoms with Gasteiger partial charge in [-0.3, -0.25) is 18.6 Å². The van der Waals surface area contributed by atoms with Gasteiger partial charge in [-0.05, 0) is 70.6 Å². The third-order valence-corrected chi connectivity index (χ3v) is 11.8. The van der Waals surface area contributed by atoms with Crippen LogP contribution >= 0.6 is 7.82 Å². The molecule has 59 heavy (non-hydrogen) atoms. The van der Waals surface area contributed by atoms with Crippen molar-refractivity contribution in [1.29, 1.82) is 0 Å². The van der Waals surface area contributed by atoms with Crippen LogP contribution in [0.3, 0.4) is 0 Å². The smallest absolute Gasteiger partial charge is 0.462 e. The largest absolute Gasteiger partial charge is 0.472 e. The van der Waals surface area contributed by atoms with Gasteiger partial charge in [-0.25, -0.2) is 4.57 Å². The van der Waals surface area contributed by atoms with Crippen LogP contribution in [0.5, 0.6) is 0 Å². The number of ether oxygens (including phenoxy) is 2. The van der Waals surface area contributed by atoms with Gasteiger partial charge in [0, 0.05) is 20.0 Å². The first kappa shape index (κ1) is 57.3. The first-order valence-corrected chi connectivity index (χ1v) is 26.2. The molecule has 0 aromatic carbocycles. The molecule has 9 heteroatoms. The summed E-state index contributed by atoms with van der Waals surface area (Å²) in [4.78, 5) is 34.6. The Morgan fingerprint density at radius 2 is 0.814 bits per heavy atom. The third kappa shape index (κ3) is 45.6.